The molecule has 4 rings (SSSR count). The third kappa shape index (κ3) is 4.21. The van der Waals surface area contributed by atoms with Crippen molar-refractivity contribution in [1.82, 2.24) is 18.3 Å². The molecule has 0 fully saturated rings. The highest BCUT2D eigenvalue weighted by molar-refractivity contribution is 9.93. The van der Waals surface area contributed by atoms with Crippen LogP contribution in [0.1, 0.15) is 11.1 Å². The van der Waals surface area contributed by atoms with E-state index in [4.69, 9.17) is 0 Å². The Labute approximate surface area is 188 Å². The minimum atomic E-state index is -0.347. The molecule has 0 saturated carbocycles. The minimum absolute atomic E-state index is 0.240. The Morgan fingerprint density at radius 3 is 1.83 bits per heavy atom. The predicted molar refractivity (Wildman–Crippen MR) is 123 cm³/mol. The van der Waals surface area contributed by atoms with E-state index < -0.39 is 0 Å². The zero-order chi connectivity index (χ0) is 22.0. The molecule has 2 aliphatic heterocycles. The summed E-state index contributed by atoms with van der Waals surface area (Å²) in [5.74, 6) is 0.957. The summed E-state index contributed by atoms with van der Waals surface area (Å²) in [6.07, 6.45) is 2.64. The van der Waals surface area contributed by atoms with Crippen molar-refractivity contribution in [2.45, 2.75) is 12.8 Å². The maximum Gasteiger partial charge on any atom is 0.332 e. The van der Waals surface area contributed by atoms with E-state index >= 15 is 0 Å². The lowest BCUT2D eigenvalue weighted by atomic mass is 10.2. The van der Waals surface area contributed by atoms with Gasteiger partial charge in [0.25, 0.3) is 11.1 Å². The summed E-state index contributed by atoms with van der Waals surface area (Å²) >= 11 is 8.72. The van der Waals surface area contributed by atoms with Gasteiger partial charge in [0.1, 0.15) is 11.6 Å². The Hall–Kier alpha value is -1.86. The molecule has 0 amide bonds. The van der Waals surface area contributed by atoms with Crippen molar-refractivity contribution in [2.24, 2.45) is 38.2 Å². The third-order valence-electron chi connectivity index (χ3n) is 4.51. The fourth-order valence-electron chi connectivity index (χ4n) is 2.97. The highest BCUT2D eigenvalue weighted by Crippen LogP contribution is 2.23. The molecule has 0 saturated heterocycles. The summed E-state index contributed by atoms with van der Waals surface area (Å²) in [6.45, 7) is 0. The maximum atomic E-state index is 11.6. The number of rotatable bonds is 0. The van der Waals surface area contributed by atoms with Crippen molar-refractivity contribution in [1.29, 1.82) is 0 Å². The van der Waals surface area contributed by atoms with Gasteiger partial charge in [-0.15, -0.1) is 0 Å². The molecular formula is C16H17Br3N6O4. The summed E-state index contributed by atoms with van der Waals surface area (Å²) in [6, 6.07) is 0. The SMILES string of the molecule is BrBr.Cn1c2c(c(=O)n(C)c1=O)CC(Br)=N2.Cn1c2c(c(=O)n(C)c1=O)CC=N2. The molecule has 0 radical (unpaired) electrons. The first-order chi connectivity index (χ1) is 13.6. The highest BCUT2D eigenvalue weighted by Gasteiger charge is 2.21. The summed E-state index contributed by atoms with van der Waals surface area (Å²) < 4.78 is 5.66. The molecule has 0 atom stereocenters. The van der Waals surface area contributed by atoms with Gasteiger partial charge < -0.3 is 0 Å². The van der Waals surface area contributed by atoms with Crippen LogP contribution in [-0.2, 0) is 41.0 Å². The van der Waals surface area contributed by atoms with Gasteiger partial charge in [-0.25, -0.2) is 19.6 Å². The second-order valence-corrected chi connectivity index (χ2v) is 7.11. The largest absolute Gasteiger partial charge is 0.332 e. The molecular weight excluding hydrogens is 580 g/mol. The Bertz CT molecular complexity index is 1270. The van der Waals surface area contributed by atoms with Gasteiger partial charge in [0, 0.05) is 75.5 Å². The molecule has 29 heavy (non-hydrogen) atoms. The van der Waals surface area contributed by atoms with E-state index in [1.165, 1.54) is 23.2 Å². The molecule has 156 valence electrons. The smallest absolute Gasteiger partial charge is 0.281 e. The van der Waals surface area contributed by atoms with Crippen LogP contribution in [0, 0.1) is 0 Å². The fraction of sp³-hybridized carbons (Fsp3) is 0.375. The molecule has 0 unspecified atom stereocenters. The van der Waals surface area contributed by atoms with Crippen LogP contribution in [-0.4, -0.2) is 29.1 Å². The normalized spacial score (nSPS) is 13.0. The second-order valence-electron chi connectivity index (χ2n) is 6.20. The lowest BCUT2D eigenvalue weighted by Gasteiger charge is -2.05. The van der Waals surface area contributed by atoms with Gasteiger partial charge in [-0.2, -0.15) is 0 Å². The maximum absolute atomic E-state index is 11.6. The first kappa shape index (κ1) is 23.4. The van der Waals surface area contributed by atoms with E-state index in [2.05, 4.69) is 54.2 Å². The average molecular weight is 597 g/mol. The number of hydrogen-bond acceptors (Lipinski definition) is 6. The Morgan fingerprint density at radius 1 is 0.793 bits per heavy atom. The van der Waals surface area contributed by atoms with Crippen LogP contribution in [0.25, 0.3) is 0 Å². The Morgan fingerprint density at radius 2 is 1.28 bits per heavy atom. The van der Waals surface area contributed by atoms with Crippen LogP contribution in [0.15, 0.2) is 29.2 Å². The number of hydrogen-bond donors (Lipinski definition) is 0. The standard InChI is InChI=1S/C8H8BrN3O2.C8H9N3O2.Br2/c1-11-6-4(3-5(9)10-6)7(13)12(2)8(11)14;1-10-6-5(3-4-9-6)7(12)11(2)8(10)13;1-2/h3H2,1-2H3;4H,3H2,1-2H3;. The number of fused-ring (bicyclic) bond motifs is 2. The van der Waals surface area contributed by atoms with Crippen molar-refractivity contribution < 1.29 is 0 Å². The lowest BCUT2D eigenvalue weighted by Crippen LogP contribution is -2.38. The monoisotopic (exact) mass is 594 g/mol. The molecule has 2 aromatic rings. The van der Waals surface area contributed by atoms with Crippen LogP contribution in [0.3, 0.4) is 0 Å². The van der Waals surface area contributed by atoms with E-state index in [0.29, 0.717) is 40.2 Å². The number of aromatic nitrogens is 4. The minimum Gasteiger partial charge on any atom is -0.281 e. The van der Waals surface area contributed by atoms with Crippen LogP contribution in [0.4, 0.5) is 11.6 Å². The molecule has 0 spiro atoms. The number of halogens is 3. The van der Waals surface area contributed by atoms with E-state index in [-0.39, 0.29) is 22.5 Å². The van der Waals surface area contributed by atoms with Gasteiger partial charge in [0.15, 0.2) is 0 Å². The topological polar surface area (TPSA) is 113 Å². The van der Waals surface area contributed by atoms with Crippen LogP contribution in [0.5, 0.6) is 0 Å². The highest BCUT2D eigenvalue weighted by atomic mass is 80.9. The molecule has 13 heteroatoms. The quantitative estimate of drug-likeness (QED) is 0.453. The molecule has 4 heterocycles. The van der Waals surface area contributed by atoms with Gasteiger partial charge in [0.05, 0.1) is 15.7 Å². The van der Waals surface area contributed by atoms with Crippen LogP contribution >= 0.6 is 44.2 Å². The summed E-state index contributed by atoms with van der Waals surface area (Å²) in [7, 11) is 6.17. The van der Waals surface area contributed by atoms with Gasteiger partial charge in [-0.05, 0) is 15.9 Å². The average Bonchev–Trinajstić information content (AvgIpc) is 3.36. The predicted octanol–water partition coefficient (Wildman–Crippen LogP) is 1.10. The van der Waals surface area contributed by atoms with E-state index in [0.717, 1.165) is 9.13 Å². The summed E-state index contributed by atoms with van der Waals surface area (Å²) in [4.78, 5) is 54.1. The summed E-state index contributed by atoms with van der Waals surface area (Å²) in [5.41, 5.74) is -0.00882. The second kappa shape index (κ2) is 9.30. The third-order valence-corrected chi connectivity index (χ3v) is 4.97. The molecule has 2 aromatic heterocycles. The van der Waals surface area contributed by atoms with E-state index in [9.17, 15) is 19.2 Å². The molecule has 0 aliphatic carbocycles. The zero-order valence-corrected chi connectivity index (χ0v) is 20.7. The molecule has 2 aliphatic rings. The Kier molecular flexibility index (Phi) is 7.51. The molecule has 0 N–H and O–H groups in total. The zero-order valence-electron chi connectivity index (χ0n) is 15.9. The van der Waals surface area contributed by atoms with E-state index in [1.807, 2.05) is 0 Å². The fourth-order valence-corrected chi connectivity index (χ4v) is 3.42. The number of nitrogens with zero attached hydrogens (tertiary/aromatic N) is 6. The van der Waals surface area contributed by atoms with Gasteiger partial charge >= 0.3 is 11.4 Å². The van der Waals surface area contributed by atoms with E-state index in [1.54, 1.807) is 20.3 Å². The molecule has 0 aromatic carbocycles. The van der Waals surface area contributed by atoms with Gasteiger partial charge in [-0.1, -0.05) is 0 Å². The van der Waals surface area contributed by atoms with Crippen molar-refractivity contribution in [3.8, 4) is 0 Å². The van der Waals surface area contributed by atoms with Crippen LogP contribution < -0.4 is 22.5 Å². The van der Waals surface area contributed by atoms with Crippen molar-refractivity contribution >= 4 is 66.7 Å². The van der Waals surface area contributed by atoms with Gasteiger partial charge in [-0.3, -0.25) is 27.9 Å². The number of aliphatic imine (C=N–C) groups is 2. The molecule has 10 nitrogen and oxygen atoms in total. The lowest BCUT2D eigenvalue weighted by molar-refractivity contribution is 0.682. The Balaban J connectivity index is 0.000000191. The van der Waals surface area contributed by atoms with Crippen molar-refractivity contribution in [3.63, 3.8) is 0 Å². The summed E-state index contributed by atoms with van der Waals surface area (Å²) in [5, 5.41) is 0. The first-order valence-electron chi connectivity index (χ1n) is 8.12. The van der Waals surface area contributed by atoms with Crippen molar-refractivity contribution in [3.05, 3.63) is 52.8 Å². The molecule has 0 bridgehead atoms. The van der Waals surface area contributed by atoms with Gasteiger partial charge in [0.2, 0.25) is 0 Å². The van der Waals surface area contributed by atoms with Crippen LogP contribution in [0.2, 0.25) is 0 Å². The van der Waals surface area contributed by atoms with Crippen molar-refractivity contribution in [2.75, 3.05) is 0 Å². The first-order valence-corrected chi connectivity index (χ1v) is 12.6.